The molecular weight excluding hydrogens is 428 g/mol. The number of furan rings is 1. The summed E-state index contributed by atoms with van der Waals surface area (Å²) in [6.45, 7) is 2.79. The van der Waals surface area contributed by atoms with Gasteiger partial charge in [-0.3, -0.25) is 9.59 Å². The molecule has 0 saturated heterocycles. The number of ether oxygens (including phenoxy) is 2. The maximum absolute atomic E-state index is 11.9. The van der Waals surface area contributed by atoms with Crippen LogP contribution >= 0.6 is 0 Å². The molecule has 1 atom stereocenters. The lowest BCUT2D eigenvalue weighted by atomic mass is 9.86. The van der Waals surface area contributed by atoms with E-state index < -0.39 is 5.97 Å². The molecular formula is C29H28O5. The Morgan fingerprint density at radius 2 is 1.44 bits per heavy atom. The van der Waals surface area contributed by atoms with E-state index in [4.69, 9.17) is 13.9 Å². The zero-order chi connectivity index (χ0) is 23.9. The summed E-state index contributed by atoms with van der Waals surface area (Å²) in [5, 5.41) is 0.846. The number of para-hydroxylation sites is 1. The van der Waals surface area contributed by atoms with Gasteiger partial charge in [-0.1, -0.05) is 72.8 Å². The molecule has 0 radical (unpaired) electrons. The lowest BCUT2D eigenvalue weighted by Crippen LogP contribution is -2.20. The zero-order valence-corrected chi connectivity index (χ0v) is 19.4. The molecule has 5 nitrogen and oxygen atoms in total. The summed E-state index contributed by atoms with van der Waals surface area (Å²) in [4.78, 5) is 23.3. The summed E-state index contributed by atoms with van der Waals surface area (Å²) in [5.74, 6) is -0.142. The zero-order valence-electron chi connectivity index (χ0n) is 19.4. The van der Waals surface area contributed by atoms with Gasteiger partial charge < -0.3 is 13.9 Å². The molecule has 1 aromatic heterocycles. The highest BCUT2D eigenvalue weighted by molar-refractivity contribution is 5.88. The fourth-order valence-electron chi connectivity index (χ4n) is 4.41. The fraction of sp³-hybridized carbons (Fsp3) is 0.241. The van der Waals surface area contributed by atoms with Gasteiger partial charge in [0.1, 0.15) is 6.10 Å². The molecule has 0 aliphatic rings. The molecule has 0 fully saturated rings. The number of carbonyl (C=O) groups is 2. The van der Waals surface area contributed by atoms with E-state index in [1.165, 1.54) is 25.0 Å². The Labute approximate surface area is 199 Å². The predicted molar refractivity (Wildman–Crippen MR) is 131 cm³/mol. The number of hydrogen-bond donors (Lipinski definition) is 0. The molecule has 3 aromatic carbocycles. The van der Waals surface area contributed by atoms with E-state index in [2.05, 4.69) is 24.3 Å². The van der Waals surface area contributed by atoms with Crippen molar-refractivity contribution in [3.63, 3.8) is 0 Å². The van der Waals surface area contributed by atoms with Gasteiger partial charge in [0, 0.05) is 37.1 Å². The van der Waals surface area contributed by atoms with E-state index in [1.54, 1.807) is 12.3 Å². The van der Waals surface area contributed by atoms with Crippen LogP contribution in [0.1, 0.15) is 49.3 Å². The van der Waals surface area contributed by atoms with Gasteiger partial charge in [0.25, 0.3) is 0 Å². The smallest absolute Gasteiger partial charge is 0.308 e. The van der Waals surface area contributed by atoms with Crippen molar-refractivity contribution in [1.82, 2.24) is 0 Å². The molecule has 5 heteroatoms. The molecule has 1 heterocycles. The second kappa shape index (κ2) is 10.8. The van der Waals surface area contributed by atoms with Crippen molar-refractivity contribution in [2.75, 3.05) is 0 Å². The monoisotopic (exact) mass is 456 g/mol. The minimum atomic E-state index is -0.406. The van der Waals surface area contributed by atoms with Crippen LogP contribution in [0.2, 0.25) is 0 Å². The first kappa shape index (κ1) is 23.3. The third-order valence-electron chi connectivity index (χ3n) is 5.86. The Morgan fingerprint density at radius 3 is 2.03 bits per heavy atom. The van der Waals surface area contributed by atoms with Gasteiger partial charge in [0.05, 0.1) is 6.26 Å². The molecule has 1 unspecified atom stereocenters. The van der Waals surface area contributed by atoms with Crippen LogP contribution in [0.15, 0.2) is 89.5 Å². The Balaban J connectivity index is 1.56. The van der Waals surface area contributed by atoms with Crippen molar-refractivity contribution < 1.29 is 23.5 Å². The van der Waals surface area contributed by atoms with E-state index in [9.17, 15) is 9.59 Å². The van der Waals surface area contributed by atoms with Crippen LogP contribution in [0.3, 0.4) is 0 Å². The number of hydrogen-bond acceptors (Lipinski definition) is 5. The molecule has 0 amide bonds. The van der Waals surface area contributed by atoms with Crippen LogP contribution < -0.4 is 4.74 Å². The molecule has 0 bridgehead atoms. The number of esters is 2. The second-order valence-electron chi connectivity index (χ2n) is 8.37. The van der Waals surface area contributed by atoms with E-state index in [1.807, 2.05) is 48.5 Å². The van der Waals surface area contributed by atoms with E-state index >= 15 is 0 Å². The number of carbonyl (C=O) groups excluding carboxylic acids is 2. The molecule has 174 valence electrons. The first-order valence-electron chi connectivity index (χ1n) is 11.5. The Kier molecular flexibility index (Phi) is 7.43. The van der Waals surface area contributed by atoms with Crippen molar-refractivity contribution in [3.05, 3.63) is 102 Å². The van der Waals surface area contributed by atoms with Gasteiger partial charge in [-0.05, 0) is 30.0 Å². The summed E-state index contributed by atoms with van der Waals surface area (Å²) in [5.41, 5.74) is 3.89. The number of rotatable bonds is 9. The summed E-state index contributed by atoms with van der Waals surface area (Å²) >= 11 is 0. The average Bonchev–Trinajstić information content (AvgIpc) is 3.23. The highest BCUT2D eigenvalue weighted by Crippen LogP contribution is 2.33. The van der Waals surface area contributed by atoms with E-state index in [0.717, 1.165) is 17.4 Å². The predicted octanol–water partition coefficient (Wildman–Crippen LogP) is 6.44. The topological polar surface area (TPSA) is 65.7 Å². The highest BCUT2D eigenvalue weighted by Gasteiger charge is 2.22. The second-order valence-corrected chi connectivity index (χ2v) is 8.37. The molecule has 0 spiro atoms. The lowest BCUT2D eigenvalue weighted by Gasteiger charge is -2.22. The maximum Gasteiger partial charge on any atom is 0.308 e. The van der Waals surface area contributed by atoms with E-state index in [0.29, 0.717) is 24.2 Å². The van der Waals surface area contributed by atoms with Crippen molar-refractivity contribution >= 4 is 22.9 Å². The third-order valence-corrected chi connectivity index (χ3v) is 5.86. The van der Waals surface area contributed by atoms with Crippen LogP contribution in [0.5, 0.6) is 5.75 Å². The Bertz CT molecular complexity index is 1200. The quantitative estimate of drug-likeness (QED) is 0.214. The molecule has 0 aliphatic heterocycles. The third kappa shape index (κ3) is 5.73. The summed E-state index contributed by atoms with van der Waals surface area (Å²) < 4.78 is 16.7. The van der Waals surface area contributed by atoms with Crippen LogP contribution in [-0.4, -0.2) is 18.0 Å². The molecule has 4 aromatic rings. The van der Waals surface area contributed by atoms with Gasteiger partial charge in [-0.25, -0.2) is 0 Å². The first-order chi connectivity index (χ1) is 16.5. The highest BCUT2D eigenvalue weighted by atomic mass is 16.5. The molecule has 34 heavy (non-hydrogen) atoms. The molecule has 4 rings (SSSR count). The number of benzene rings is 3. The van der Waals surface area contributed by atoms with Crippen LogP contribution in [-0.2, 0) is 20.7 Å². The van der Waals surface area contributed by atoms with Gasteiger partial charge in [0.15, 0.2) is 11.3 Å². The van der Waals surface area contributed by atoms with Crippen LogP contribution in [0.4, 0.5) is 0 Å². The standard InChI is InChI=1S/C29H28O5/c1-20(30)33-25(18-24-19-32-29-27(24)14-9-15-28(29)34-21(2)31)16-17-26(22-10-5-3-6-11-22)23-12-7-4-8-13-23/h3-15,19,25-26H,16-18H2,1-2H3. The maximum atomic E-state index is 11.9. The van der Waals surface area contributed by atoms with Gasteiger partial charge in [-0.15, -0.1) is 0 Å². The number of fused-ring (bicyclic) bond motifs is 1. The summed E-state index contributed by atoms with van der Waals surface area (Å²) in [6, 6.07) is 26.2. The van der Waals surface area contributed by atoms with Crippen molar-refractivity contribution in [2.24, 2.45) is 0 Å². The minimum Gasteiger partial charge on any atom is -0.462 e. The average molecular weight is 457 g/mol. The largest absolute Gasteiger partial charge is 0.462 e. The summed E-state index contributed by atoms with van der Waals surface area (Å²) in [6.07, 6.45) is 3.35. The van der Waals surface area contributed by atoms with Crippen LogP contribution in [0.25, 0.3) is 11.0 Å². The normalized spacial score (nSPS) is 12.0. The SMILES string of the molecule is CC(=O)Oc1cccc2c(CC(CCC(c3ccccc3)c3ccccc3)OC(C)=O)coc12. The van der Waals surface area contributed by atoms with E-state index in [-0.39, 0.29) is 18.0 Å². The molecule has 0 N–H and O–H groups in total. The van der Waals surface area contributed by atoms with Crippen molar-refractivity contribution in [3.8, 4) is 5.75 Å². The lowest BCUT2D eigenvalue weighted by molar-refractivity contribution is -0.146. The van der Waals surface area contributed by atoms with Gasteiger partial charge >= 0.3 is 11.9 Å². The molecule has 0 aliphatic carbocycles. The minimum absolute atomic E-state index is 0.192. The fourth-order valence-corrected chi connectivity index (χ4v) is 4.41. The molecule has 0 saturated carbocycles. The van der Waals surface area contributed by atoms with Crippen molar-refractivity contribution in [1.29, 1.82) is 0 Å². The van der Waals surface area contributed by atoms with Gasteiger partial charge in [-0.2, -0.15) is 0 Å². The van der Waals surface area contributed by atoms with Crippen LogP contribution in [0, 0.1) is 0 Å². The summed E-state index contributed by atoms with van der Waals surface area (Å²) in [7, 11) is 0. The first-order valence-corrected chi connectivity index (χ1v) is 11.5. The van der Waals surface area contributed by atoms with Gasteiger partial charge in [0.2, 0.25) is 0 Å². The Morgan fingerprint density at radius 1 is 0.794 bits per heavy atom. The van der Waals surface area contributed by atoms with Crippen molar-refractivity contribution in [2.45, 2.75) is 45.1 Å². The Hall–Kier alpha value is -3.86.